The van der Waals surface area contributed by atoms with Gasteiger partial charge >= 0.3 is 6.03 Å². The summed E-state index contributed by atoms with van der Waals surface area (Å²) in [5.41, 5.74) is 0.480. The Morgan fingerprint density at radius 1 is 1.00 bits per heavy atom. The third-order valence-corrected chi connectivity index (χ3v) is 4.76. The first-order valence-corrected chi connectivity index (χ1v) is 8.89. The Hall–Kier alpha value is -2.37. The van der Waals surface area contributed by atoms with Gasteiger partial charge in [-0.25, -0.2) is 9.18 Å². The summed E-state index contributed by atoms with van der Waals surface area (Å²) in [6.07, 6.45) is 7.86. The zero-order valence-electron chi connectivity index (χ0n) is 14.3. The maximum atomic E-state index is 13.0. The molecule has 1 heterocycles. The van der Waals surface area contributed by atoms with Crippen molar-refractivity contribution >= 4 is 11.9 Å². The fourth-order valence-corrected chi connectivity index (χ4v) is 3.29. The van der Waals surface area contributed by atoms with E-state index in [0.29, 0.717) is 31.7 Å². The summed E-state index contributed by atoms with van der Waals surface area (Å²) in [5, 5.41) is 3.09. The van der Waals surface area contributed by atoms with Gasteiger partial charge in [0, 0.05) is 37.8 Å². The van der Waals surface area contributed by atoms with Gasteiger partial charge in [0.1, 0.15) is 5.82 Å². The van der Waals surface area contributed by atoms with Crippen molar-refractivity contribution in [3.8, 4) is 0 Å². The van der Waals surface area contributed by atoms with Crippen LogP contribution in [0.2, 0.25) is 0 Å². The van der Waals surface area contributed by atoms with Crippen LogP contribution in [-0.2, 0) is 0 Å². The topological polar surface area (TPSA) is 52.7 Å². The van der Waals surface area contributed by atoms with Crippen LogP contribution in [-0.4, -0.2) is 54.0 Å². The maximum Gasteiger partial charge on any atom is 0.317 e. The third kappa shape index (κ3) is 4.59. The Balaban J connectivity index is 1.54. The smallest absolute Gasteiger partial charge is 0.317 e. The number of nitrogens with zero attached hydrogens (tertiary/aromatic N) is 2. The van der Waals surface area contributed by atoms with Crippen LogP contribution in [0.1, 0.15) is 36.0 Å². The van der Waals surface area contributed by atoms with Crippen LogP contribution in [0.15, 0.2) is 36.4 Å². The van der Waals surface area contributed by atoms with E-state index in [-0.39, 0.29) is 23.8 Å². The number of carbonyl (C=O) groups is 2. The van der Waals surface area contributed by atoms with Crippen molar-refractivity contribution in [1.29, 1.82) is 0 Å². The Morgan fingerprint density at radius 3 is 2.44 bits per heavy atom. The molecule has 1 saturated heterocycles. The van der Waals surface area contributed by atoms with Crippen molar-refractivity contribution in [3.63, 3.8) is 0 Å². The molecule has 0 radical (unpaired) electrons. The molecule has 5 nitrogen and oxygen atoms in total. The number of rotatable bonds is 2. The van der Waals surface area contributed by atoms with E-state index < -0.39 is 0 Å². The molecule has 0 unspecified atom stereocenters. The zero-order chi connectivity index (χ0) is 17.6. The molecule has 1 aromatic rings. The van der Waals surface area contributed by atoms with Gasteiger partial charge in [0.15, 0.2) is 0 Å². The molecule has 134 valence electrons. The van der Waals surface area contributed by atoms with E-state index in [4.69, 9.17) is 0 Å². The first kappa shape index (κ1) is 17.5. The lowest BCUT2D eigenvalue weighted by Crippen LogP contribution is -2.46. The van der Waals surface area contributed by atoms with Crippen LogP contribution in [0, 0.1) is 5.82 Å². The first-order chi connectivity index (χ1) is 12.1. The summed E-state index contributed by atoms with van der Waals surface area (Å²) in [5.74, 6) is -0.465. The number of allylic oxidation sites excluding steroid dienone is 1. The SMILES string of the molecule is O=C(N[C@@H]1CC=CCC1)N1CCCN(C(=O)c2ccc(F)cc2)CC1. The largest absolute Gasteiger partial charge is 0.337 e. The molecule has 3 amide bonds. The van der Waals surface area contributed by atoms with Crippen LogP contribution < -0.4 is 5.32 Å². The van der Waals surface area contributed by atoms with E-state index >= 15 is 0 Å². The zero-order valence-corrected chi connectivity index (χ0v) is 14.3. The van der Waals surface area contributed by atoms with Crippen molar-refractivity contribution in [1.82, 2.24) is 15.1 Å². The second-order valence-corrected chi connectivity index (χ2v) is 6.57. The highest BCUT2D eigenvalue weighted by molar-refractivity contribution is 5.94. The van der Waals surface area contributed by atoms with Gasteiger partial charge in [-0.2, -0.15) is 0 Å². The highest BCUT2D eigenvalue weighted by atomic mass is 19.1. The standard InChI is InChI=1S/C19H24FN3O2/c20-16-9-7-15(8-10-16)18(24)22-11-4-12-23(14-13-22)19(25)21-17-5-2-1-3-6-17/h1-2,7-10,17H,3-6,11-14H2,(H,21,25)/t17-/m1/s1. The van der Waals surface area contributed by atoms with Gasteiger partial charge in [-0.3, -0.25) is 4.79 Å². The molecule has 0 aromatic heterocycles. The summed E-state index contributed by atoms with van der Waals surface area (Å²) >= 11 is 0. The molecule has 1 fully saturated rings. The van der Waals surface area contributed by atoms with Crippen LogP contribution >= 0.6 is 0 Å². The van der Waals surface area contributed by atoms with E-state index in [1.165, 1.54) is 24.3 Å². The first-order valence-electron chi connectivity index (χ1n) is 8.89. The van der Waals surface area contributed by atoms with Crippen molar-refractivity contribution in [2.45, 2.75) is 31.7 Å². The summed E-state index contributed by atoms with van der Waals surface area (Å²) < 4.78 is 13.0. The number of halogens is 1. The van der Waals surface area contributed by atoms with Gasteiger partial charge in [0.05, 0.1) is 0 Å². The molecule has 1 N–H and O–H groups in total. The molecule has 3 rings (SSSR count). The molecule has 0 saturated carbocycles. The predicted molar refractivity (Wildman–Crippen MR) is 93.8 cm³/mol. The molecule has 1 aliphatic heterocycles. The average Bonchev–Trinajstić information content (AvgIpc) is 2.89. The second kappa shape index (κ2) is 8.14. The number of hydrogen-bond acceptors (Lipinski definition) is 2. The van der Waals surface area contributed by atoms with Crippen LogP contribution in [0.5, 0.6) is 0 Å². The average molecular weight is 345 g/mol. The normalized spacial score (nSPS) is 20.9. The molecular weight excluding hydrogens is 321 g/mol. The Labute approximate surface area is 147 Å². The molecule has 25 heavy (non-hydrogen) atoms. The number of benzene rings is 1. The number of urea groups is 1. The minimum atomic E-state index is -0.354. The van der Waals surface area contributed by atoms with Crippen molar-refractivity contribution in [2.75, 3.05) is 26.2 Å². The monoisotopic (exact) mass is 345 g/mol. The van der Waals surface area contributed by atoms with E-state index in [2.05, 4.69) is 17.5 Å². The highest BCUT2D eigenvalue weighted by Gasteiger charge is 2.24. The third-order valence-electron chi connectivity index (χ3n) is 4.76. The van der Waals surface area contributed by atoms with E-state index in [9.17, 15) is 14.0 Å². The fourth-order valence-electron chi connectivity index (χ4n) is 3.29. The molecule has 6 heteroatoms. The van der Waals surface area contributed by atoms with Gasteiger partial charge < -0.3 is 15.1 Å². The molecule has 1 aliphatic carbocycles. The molecular formula is C19H24FN3O2. The second-order valence-electron chi connectivity index (χ2n) is 6.57. The van der Waals surface area contributed by atoms with Gasteiger partial charge in [-0.05, 0) is 49.9 Å². The summed E-state index contributed by atoms with van der Waals surface area (Å²) in [7, 11) is 0. The minimum absolute atomic E-state index is 0.0450. The molecule has 1 atom stereocenters. The van der Waals surface area contributed by atoms with Gasteiger partial charge in [0.2, 0.25) is 0 Å². The highest BCUT2D eigenvalue weighted by Crippen LogP contribution is 2.13. The predicted octanol–water partition coefficient (Wildman–Crippen LogP) is 2.79. The van der Waals surface area contributed by atoms with E-state index in [0.717, 1.165) is 25.7 Å². The van der Waals surface area contributed by atoms with Crippen LogP contribution in [0.3, 0.4) is 0 Å². The van der Waals surface area contributed by atoms with Gasteiger partial charge in [-0.1, -0.05) is 12.2 Å². The molecule has 0 bridgehead atoms. The fraction of sp³-hybridized carbons (Fsp3) is 0.474. The summed E-state index contributed by atoms with van der Waals surface area (Å²) in [6.45, 7) is 2.25. The number of amides is 3. The van der Waals surface area contributed by atoms with E-state index in [1.807, 2.05) is 0 Å². The number of nitrogens with one attached hydrogen (secondary N) is 1. The molecule has 1 aromatic carbocycles. The minimum Gasteiger partial charge on any atom is -0.337 e. The Kier molecular flexibility index (Phi) is 5.68. The lowest BCUT2D eigenvalue weighted by atomic mass is 10.0. The van der Waals surface area contributed by atoms with Crippen molar-refractivity contribution < 1.29 is 14.0 Å². The van der Waals surface area contributed by atoms with Crippen LogP contribution in [0.25, 0.3) is 0 Å². The van der Waals surface area contributed by atoms with E-state index in [1.54, 1.807) is 9.80 Å². The van der Waals surface area contributed by atoms with Crippen LogP contribution in [0.4, 0.5) is 9.18 Å². The van der Waals surface area contributed by atoms with Crippen molar-refractivity contribution in [2.24, 2.45) is 0 Å². The molecule has 2 aliphatic rings. The van der Waals surface area contributed by atoms with Gasteiger partial charge in [0.25, 0.3) is 5.91 Å². The Morgan fingerprint density at radius 2 is 1.72 bits per heavy atom. The van der Waals surface area contributed by atoms with Crippen molar-refractivity contribution in [3.05, 3.63) is 47.8 Å². The molecule has 0 spiro atoms. The Bertz CT molecular complexity index is 645. The quantitative estimate of drug-likeness (QED) is 0.838. The number of carbonyl (C=O) groups excluding carboxylic acids is 2. The van der Waals surface area contributed by atoms with Gasteiger partial charge in [-0.15, -0.1) is 0 Å². The maximum absolute atomic E-state index is 13.0. The lowest BCUT2D eigenvalue weighted by molar-refractivity contribution is 0.0762. The summed E-state index contributed by atoms with van der Waals surface area (Å²) in [4.78, 5) is 28.5. The summed E-state index contributed by atoms with van der Waals surface area (Å²) in [6, 6.07) is 5.76. The lowest BCUT2D eigenvalue weighted by Gasteiger charge is -2.26. The number of hydrogen-bond donors (Lipinski definition) is 1.